The second-order valence-corrected chi connectivity index (χ2v) is 5.19. The van der Waals surface area contributed by atoms with Gasteiger partial charge in [-0.15, -0.1) is 0 Å². The molecular weight excluding hydrogens is 230 g/mol. The molecule has 2 rings (SSSR count). The lowest BCUT2D eigenvalue weighted by Gasteiger charge is -2.27. The molecule has 18 heavy (non-hydrogen) atoms. The summed E-state index contributed by atoms with van der Waals surface area (Å²) < 4.78 is 0. The summed E-state index contributed by atoms with van der Waals surface area (Å²) in [5.41, 5.74) is 0.866. The van der Waals surface area contributed by atoms with E-state index in [9.17, 15) is 10.1 Å². The largest absolute Gasteiger partial charge is 0.362 e. The van der Waals surface area contributed by atoms with Crippen LogP contribution in [-0.2, 0) is 0 Å². The SMILES string of the molecule is Cc1ccc([N+](=O)[O-])c(NC2CCCC(C)C2)n1. The van der Waals surface area contributed by atoms with Gasteiger partial charge >= 0.3 is 5.69 Å². The maximum atomic E-state index is 11.0. The molecular formula is C13H19N3O2. The van der Waals surface area contributed by atoms with Gasteiger partial charge in [-0.25, -0.2) is 4.98 Å². The lowest BCUT2D eigenvalue weighted by Crippen LogP contribution is -2.27. The van der Waals surface area contributed by atoms with E-state index in [1.807, 2.05) is 6.92 Å². The normalized spacial score (nSPS) is 23.7. The van der Waals surface area contributed by atoms with E-state index in [1.54, 1.807) is 6.07 Å². The molecule has 1 saturated carbocycles. The predicted octanol–water partition coefficient (Wildman–Crippen LogP) is 3.29. The lowest BCUT2D eigenvalue weighted by atomic mass is 9.87. The molecule has 1 N–H and O–H groups in total. The Bertz CT molecular complexity index is 448. The third-order valence-electron chi connectivity index (χ3n) is 3.49. The number of aromatic nitrogens is 1. The minimum atomic E-state index is -0.374. The number of pyridine rings is 1. The zero-order valence-corrected chi connectivity index (χ0v) is 10.8. The van der Waals surface area contributed by atoms with Crippen LogP contribution in [0.5, 0.6) is 0 Å². The van der Waals surface area contributed by atoms with Crippen LogP contribution in [0.4, 0.5) is 11.5 Å². The van der Waals surface area contributed by atoms with Crippen LogP contribution in [0, 0.1) is 23.0 Å². The molecule has 1 aromatic rings. The van der Waals surface area contributed by atoms with Crippen molar-refractivity contribution in [2.75, 3.05) is 5.32 Å². The molecule has 1 heterocycles. The number of rotatable bonds is 3. The molecule has 0 saturated heterocycles. The maximum Gasteiger partial charge on any atom is 0.311 e. The Balaban J connectivity index is 2.16. The topological polar surface area (TPSA) is 68.1 Å². The number of hydrogen-bond donors (Lipinski definition) is 1. The van der Waals surface area contributed by atoms with Crippen molar-refractivity contribution in [3.8, 4) is 0 Å². The van der Waals surface area contributed by atoms with Gasteiger partial charge in [0.1, 0.15) is 0 Å². The first-order valence-corrected chi connectivity index (χ1v) is 6.45. The third-order valence-corrected chi connectivity index (χ3v) is 3.49. The van der Waals surface area contributed by atoms with Gasteiger partial charge < -0.3 is 5.32 Å². The number of hydrogen-bond acceptors (Lipinski definition) is 4. The average Bonchev–Trinajstić information content (AvgIpc) is 2.28. The highest BCUT2D eigenvalue weighted by Gasteiger charge is 2.22. The average molecular weight is 249 g/mol. The second kappa shape index (κ2) is 5.33. The van der Waals surface area contributed by atoms with Crippen molar-refractivity contribution in [3.63, 3.8) is 0 Å². The fraction of sp³-hybridized carbons (Fsp3) is 0.615. The molecule has 0 spiro atoms. The molecule has 1 aromatic heterocycles. The molecule has 98 valence electrons. The number of nitrogens with one attached hydrogen (secondary N) is 1. The summed E-state index contributed by atoms with van der Waals surface area (Å²) in [6.07, 6.45) is 4.56. The fourth-order valence-corrected chi connectivity index (χ4v) is 2.56. The van der Waals surface area contributed by atoms with Crippen LogP contribution in [0.15, 0.2) is 12.1 Å². The predicted molar refractivity (Wildman–Crippen MR) is 70.7 cm³/mol. The zero-order chi connectivity index (χ0) is 13.1. The minimum Gasteiger partial charge on any atom is -0.362 e. The molecule has 5 heteroatoms. The van der Waals surface area contributed by atoms with Gasteiger partial charge in [0.15, 0.2) is 0 Å². The third kappa shape index (κ3) is 2.97. The molecule has 0 radical (unpaired) electrons. The van der Waals surface area contributed by atoms with Crippen molar-refractivity contribution in [1.82, 2.24) is 4.98 Å². The summed E-state index contributed by atoms with van der Waals surface area (Å²) in [5, 5.41) is 14.2. The van der Waals surface area contributed by atoms with Gasteiger partial charge in [0.2, 0.25) is 5.82 Å². The lowest BCUT2D eigenvalue weighted by molar-refractivity contribution is -0.384. The Kier molecular flexibility index (Phi) is 3.79. The Morgan fingerprint density at radius 2 is 2.22 bits per heavy atom. The van der Waals surface area contributed by atoms with Crippen LogP contribution in [0.3, 0.4) is 0 Å². The molecule has 2 unspecified atom stereocenters. The van der Waals surface area contributed by atoms with Gasteiger partial charge in [-0.3, -0.25) is 10.1 Å². The zero-order valence-electron chi connectivity index (χ0n) is 10.8. The van der Waals surface area contributed by atoms with E-state index in [0.717, 1.165) is 18.5 Å². The molecule has 1 aliphatic rings. The summed E-state index contributed by atoms with van der Waals surface area (Å²) in [6.45, 7) is 4.07. The van der Waals surface area contributed by atoms with E-state index in [-0.39, 0.29) is 10.6 Å². The van der Waals surface area contributed by atoms with E-state index in [4.69, 9.17) is 0 Å². The Hall–Kier alpha value is -1.65. The van der Waals surface area contributed by atoms with Crippen LogP contribution >= 0.6 is 0 Å². The van der Waals surface area contributed by atoms with Crippen LogP contribution < -0.4 is 5.32 Å². The summed E-state index contributed by atoms with van der Waals surface area (Å²) in [5.74, 6) is 1.10. The number of anilines is 1. The van der Waals surface area contributed by atoms with Gasteiger partial charge in [0, 0.05) is 17.8 Å². The maximum absolute atomic E-state index is 11.0. The van der Waals surface area contributed by atoms with Crippen molar-refractivity contribution < 1.29 is 4.92 Å². The first kappa shape index (κ1) is 12.8. The highest BCUT2D eigenvalue weighted by atomic mass is 16.6. The van der Waals surface area contributed by atoms with Crippen molar-refractivity contribution in [2.45, 2.75) is 45.6 Å². The molecule has 0 aliphatic heterocycles. The monoisotopic (exact) mass is 249 g/mol. The van der Waals surface area contributed by atoms with E-state index in [2.05, 4.69) is 17.2 Å². The van der Waals surface area contributed by atoms with E-state index in [0.29, 0.717) is 17.8 Å². The van der Waals surface area contributed by atoms with Gasteiger partial charge in [0.25, 0.3) is 0 Å². The number of nitro groups is 1. The second-order valence-electron chi connectivity index (χ2n) is 5.19. The molecule has 0 aromatic carbocycles. The highest BCUT2D eigenvalue weighted by molar-refractivity contribution is 5.56. The molecule has 0 bridgehead atoms. The molecule has 5 nitrogen and oxygen atoms in total. The van der Waals surface area contributed by atoms with E-state index >= 15 is 0 Å². The highest BCUT2D eigenvalue weighted by Crippen LogP contribution is 2.29. The van der Waals surface area contributed by atoms with Crippen molar-refractivity contribution in [3.05, 3.63) is 27.9 Å². The standard InChI is InChI=1S/C13H19N3O2/c1-9-4-3-5-11(8-9)15-13-12(16(17)18)7-6-10(2)14-13/h6-7,9,11H,3-5,8H2,1-2H3,(H,14,15). The summed E-state index contributed by atoms with van der Waals surface area (Å²) in [4.78, 5) is 14.9. The Morgan fingerprint density at radius 1 is 1.44 bits per heavy atom. The van der Waals surface area contributed by atoms with Gasteiger partial charge in [-0.05, 0) is 31.7 Å². The Labute approximate surface area is 107 Å². The first-order valence-electron chi connectivity index (χ1n) is 6.45. The fourth-order valence-electron chi connectivity index (χ4n) is 2.56. The Morgan fingerprint density at radius 3 is 2.89 bits per heavy atom. The van der Waals surface area contributed by atoms with Gasteiger partial charge in [-0.1, -0.05) is 19.8 Å². The van der Waals surface area contributed by atoms with E-state index in [1.165, 1.54) is 18.9 Å². The minimum absolute atomic E-state index is 0.0684. The van der Waals surface area contributed by atoms with Crippen LogP contribution in [0.2, 0.25) is 0 Å². The van der Waals surface area contributed by atoms with Crippen molar-refractivity contribution >= 4 is 11.5 Å². The summed E-state index contributed by atoms with van der Waals surface area (Å²) in [7, 11) is 0. The van der Waals surface area contributed by atoms with E-state index < -0.39 is 0 Å². The molecule has 1 fully saturated rings. The molecule has 1 aliphatic carbocycles. The van der Waals surface area contributed by atoms with Crippen molar-refractivity contribution in [1.29, 1.82) is 0 Å². The first-order chi connectivity index (χ1) is 8.56. The molecule has 2 atom stereocenters. The van der Waals surface area contributed by atoms with Crippen LogP contribution in [0.25, 0.3) is 0 Å². The van der Waals surface area contributed by atoms with Crippen LogP contribution in [-0.4, -0.2) is 15.9 Å². The smallest absolute Gasteiger partial charge is 0.311 e. The van der Waals surface area contributed by atoms with Gasteiger partial charge in [-0.2, -0.15) is 0 Å². The van der Waals surface area contributed by atoms with Crippen molar-refractivity contribution in [2.24, 2.45) is 5.92 Å². The summed E-state index contributed by atoms with van der Waals surface area (Å²) >= 11 is 0. The molecule has 0 amide bonds. The number of nitrogens with zero attached hydrogens (tertiary/aromatic N) is 2. The summed E-state index contributed by atoms with van der Waals surface area (Å²) in [6, 6.07) is 3.51. The van der Waals surface area contributed by atoms with Crippen LogP contribution in [0.1, 0.15) is 38.3 Å². The number of aryl methyl sites for hydroxylation is 1. The quantitative estimate of drug-likeness (QED) is 0.659. The van der Waals surface area contributed by atoms with Gasteiger partial charge in [0.05, 0.1) is 4.92 Å².